The second-order valence-corrected chi connectivity index (χ2v) is 9.56. The number of likely N-dealkylation sites (N-methyl/N-ethyl adjacent to an activating group) is 2. The van der Waals surface area contributed by atoms with E-state index in [1.165, 1.54) is 24.4 Å². The van der Waals surface area contributed by atoms with Gasteiger partial charge in [0.1, 0.15) is 5.69 Å². The lowest BCUT2D eigenvalue weighted by atomic mass is 10.1. The first-order valence-corrected chi connectivity index (χ1v) is 12.4. The van der Waals surface area contributed by atoms with Crippen molar-refractivity contribution in [2.75, 3.05) is 49.8 Å². The zero-order chi connectivity index (χ0) is 29.6. The van der Waals surface area contributed by atoms with Crippen molar-refractivity contribution in [3.05, 3.63) is 82.8 Å². The van der Waals surface area contributed by atoms with Gasteiger partial charge >= 0.3 is 6.18 Å². The Hall–Kier alpha value is -4.16. The molecule has 0 bridgehead atoms. The molecule has 0 aliphatic heterocycles. The summed E-state index contributed by atoms with van der Waals surface area (Å²) in [5.41, 5.74) is 7.34. The fourth-order valence-corrected chi connectivity index (χ4v) is 3.72. The lowest BCUT2D eigenvalue weighted by Crippen LogP contribution is -2.30. The quantitative estimate of drug-likeness (QED) is 0.222. The highest BCUT2D eigenvalue weighted by molar-refractivity contribution is 6.31. The number of anilines is 3. The van der Waals surface area contributed by atoms with Crippen LogP contribution in [0.25, 0.3) is 0 Å². The van der Waals surface area contributed by atoms with Crippen LogP contribution in [0.4, 0.5) is 36.2 Å². The third-order valence-electron chi connectivity index (χ3n) is 5.74. The van der Waals surface area contributed by atoms with Gasteiger partial charge in [-0.3, -0.25) is 4.79 Å². The smallest absolute Gasteiger partial charge is 0.382 e. The number of amides is 1. The van der Waals surface area contributed by atoms with Gasteiger partial charge < -0.3 is 26.2 Å². The predicted octanol–water partition coefficient (Wildman–Crippen LogP) is 5.30. The SMILES string of the molecule is C=CNc1cnc(N(C)CCN(C)C)nc1C(N)=Nc1cc(C(=O)Nc2ccc(Cl)c(C(F)(F)F)c2)ccc1C. The third-order valence-corrected chi connectivity index (χ3v) is 6.07. The Labute approximate surface area is 235 Å². The van der Waals surface area contributed by atoms with E-state index in [0.29, 0.717) is 35.1 Å². The summed E-state index contributed by atoms with van der Waals surface area (Å²) >= 11 is 5.67. The van der Waals surface area contributed by atoms with Crippen molar-refractivity contribution < 1.29 is 18.0 Å². The number of aryl methyl sites for hydroxylation is 1. The molecule has 1 heterocycles. The van der Waals surface area contributed by atoms with Gasteiger partial charge in [-0.1, -0.05) is 24.2 Å². The molecule has 0 unspecified atom stereocenters. The van der Waals surface area contributed by atoms with Gasteiger partial charge in [0.15, 0.2) is 5.84 Å². The number of rotatable bonds is 10. The summed E-state index contributed by atoms with van der Waals surface area (Å²) in [6, 6.07) is 7.83. The molecular formula is C27H30ClF3N8O. The zero-order valence-corrected chi connectivity index (χ0v) is 23.2. The Morgan fingerprint density at radius 3 is 2.55 bits per heavy atom. The molecule has 0 radical (unpaired) electrons. The Bertz CT molecular complexity index is 1430. The maximum Gasteiger partial charge on any atom is 0.417 e. The van der Waals surface area contributed by atoms with Crippen LogP contribution in [0.3, 0.4) is 0 Å². The molecule has 1 aromatic heterocycles. The van der Waals surface area contributed by atoms with Crippen LogP contribution in [0.5, 0.6) is 0 Å². The maximum absolute atomic E-state index is 13.2. The Morgan fingerprint density at radius 1 is 1.18 bits per heavy atom. The summed E-state index contributed by atoms with van der Waals surface area (Å²) in [7, 11) is 5.79. The fraction of sp³-hybridized carbons (Fsp3) is 0.259. The molecule has 3 rings (SSSR count). The topological polar surface area (TPSA) is 112 Å². The second-order valence-electron chi connectivity index (χ2n) is 9.15. The van der Waals surface area contributed by atoms with Gasteiger partial charge in [0, 0.05) is 31.4 Å². The zero-order valence-electron chi connectivity index (χ0n) is 22.5. The summed E-state index contributed by atoms with van der Waals surface area (Å²) in [6.07, 6.45) is -1.63. The number of amidine groups is 1. The minimum absolute atomic E-state index is 0.0566. The van der Waals surface area contributed by atoms with E-state index in [1.807, 2.05) is 30.9 Å². The highest BCUT2D eigenvalue weighted by Gasteiger charge is 2.33. The van der Waals surface area contributed by atoms with Gasteiger partial charge in [-0.15, -0.1) is 0 Å². The van der Waals surface area contributed by atoms with Crippen LogP contribution in [0.2, 0.25) is 5.02 Å². The highest BCUT2D eigenvalue weighted by Crippen LogP contribution is 2.36. The molecule has 40 heavy (non-hydrogen) atoms. The fourth-order valence-electron chi connectivity index (χ4n) is 3.49. The minimum atomic E-state index is -4.66. The van der Waals surface area contributed by atoms with Gasteiger partial charge in [-0.25, -0.2) is 15.0 Å². The molecule has 2 aromatic carbocycles. The van der Waals surface area contributed by atoms with E-state index in [0.717, 1.165) is 18.7 Å². The van der Waals surface area contributed by atoms with E-state index >= 15 is 0 Å². The number of aliphatic imine (C=N–C) groups is 1. The molecule has 0 spiro atoms. The number of aromatic nitrogens is 2. The Balaban J connectivity index is 1.92. The molecule has 0 fully saturated rings. The number of benzene rings is 2. The molecule has 0 saturated carbocycles. The third kappa shape index (κ3) is 7.70. The molecule has 9 nitrogen and oxygen atoms in total. The van der Waals surface area contributed by atoms with Gasteiger partial charge in [0.2, 0.25) is 5.95 Å². The number of nitrogens with one attached hydrogen (secondary N) is 2. The van der Waals surface area contributed by atoms with Crippen molar-refractivity contribution in [2.24, 2.45) is 10.7 Å². The lowest BCUT2D eigenvalue weighted by Gasteiger charge is -2.20. The van der Waals surface area contributed by atoms with Gasteiger partial charge in [-0.2, -0.15) is 13.2 Å². The second kappa shape index (κ2) is 12.8. The first kappa shape index (κ1) is 30.4. The van der Waals surface area contributed by atoms with E-state index in [-0.39, 0.29) is 17.1 Å². The van der Waals surface area contributed by atoms with Crippen LogP contribution in [-0.4, -0.2) is 60.8 Å². The van der Waals surface area contributed by atoms with Crippen LogP contribution in [0.1, 0.15) is 27.2 Å². The molecule has 212 valence electrons. The van der Waals surface area contributed by atoms with Crippen molar-refractivity contribution in [3.63, 3.8) is 0 Å². The number of halogens is 4. The molecule has 3 aromatic rings. The van der Waals surface area contributed by atoms with E-state index in [4.69, 9.17) is 17.3 Å². The summed E-state index contributed by atoms with van der Waals surface area (Å²) in [5.74, 6) is -0.135. The lowest BCUT2D eigenvalue weighted by molar-refractivity contribution is -0.137. The Kier molecular flexibility index (Phi) is 9.72. The molecule has 1 amide bonds. The Morgan fingerprint density at radius 2 is 1.90 bits per heavy atom. The molecule has 0 aliphatic rings. The van der Waals surface area contributed by atoms with Gasteiger partial charge in [0.05, 0.1) is 28.2 Å². The molecule has 4 N–H and O–H groups in total. The number of hydrogen-bond donors (Lipinski definition) is 3. The molecule has 13 heteroatoms. The largest absolute Gasteiger partial charge is 0.417 e. The average Bonchev–Trinajstić information content (AvgIpc) is 2.89. The van der Waals surface area contributed by atoms with Crippen LogP contribution in [-0.2, 0) is 6.18 Å². The van der Waals surface area contributed by atoms with Crippen LogP contribution >= 0.6 is 11.6 Å². The number of carbonyl (C=O) groups is 1. The number of carbonyl (C=O) groups excluding carboxylic acids is 1. The first-order valence-electron chi connectivity index (χ1n) is 12.0. The number of nitrogens with two attached hydrogens (primary N) is 1. The molecule has 0 atom stereocenters. The van der Waals surface area contributed by atoms with Crippen molar-refractivity contribution in [1.82, 2.24) is 14.9 Å². The summed E-state index contributed by atoms with van der Waals surface area (Å²) in [4.78, 5) is 30.3. The minimum Gasteiger partial charge on any atom is -0.382 e. The van der Waals surface area contributed by atoms with Crippen molar-refractivity contribution in [2.45, 2.75) is 13.1 Å². The summed E-state index contributed by atoms with van der Waals surface area (Å²) < 4.78 is 39.7. The van der Waals surface area contributed by atoms with Gasteiger partial charge in [-0.05, 0) is 63.1 Å². The standard InChI is InChI=1S/C27H30ClF3N8O/c1-6-33-22-15-34-26(39(5)12-11-38(3)4)37-23(22)24(32)36-21-13-17(8-7-16(21)2)25(40)35-18-9-10-20(28)19(14-18)27(29,30)31/h6-10,13-15,33H,1,11-12H2,2-5H3,(H2,32,36)(H,35,40). The first-order chi connectivity index (χ1) is 18.8. The number of hydrogen-bond acceptors (Lipinski definition) is 7. The normalized spacial score (nSPS) is 11.9. The number of nitrogens with zero attached hydrogens (tertiary/aromatic N) is 5. The summed E-state index contributed by atoms with van der Waals surface area (Å²) in [6.45, 7) is 6.91. The van der Waals surface area contributed by atoms with Crippen molar-refractivity contribution in [3.8, 4) is 0 Å². The monoisotopic (exact) mass is 574 g/mol. The van der Waals surface area contributed by atoms with E-state index < -0.39 is 22.7 Å². The van der Waals surface area contributed by atoms with E-state index in [1.54, 1.807) is 19.2 Å². The maximum atomic E-state index is 13.2. The van der Waals surface area contributed by atoms with Crippen LogP contribution < -0.4 is 21.3 Å². The van der Waals surface area contributed by atoms with Gasteiger partial charge in [0.25, 0.3) is 5.91 Å². The van der Waals surface area contributed by atoms with E-state index in [9.17, 15) is 18.0 Å². The molecule has 0 saturated heterocycles. The molecule has 0 aliphatic carbocycles. The summed E-state index contributed by atoms with van der Waals surface area (Å²) in [5, 5.41) is 4.95. The van der Waals surface area contributed by atoms with E-state index in [2.05, 4.69) is 32.2 Å². The highest BCUT2D eigenvalue weighted by atomic mass is 35.5. The predicted molar refractivity (Wildman–Crippen MR) is 154 cm³/mol. The number of alkyl halides is 3. The average molecular weight is 575 g/mol. The van der Waals surface area contributed by atoms with Crippen LogP contribution in [0.15, 0.2) is 60.4 Å². The molecular weight excluding hydrogens is 545 g/mol. The van der Waals surface area contributed by atoms with Crippen molar-refractivity contribution >= 4 is 46.4 Å². The van der Waals surface area contributed by atoms with Crippen molar-refractivity contribution in [1.29, 1.82) is 0 Å². The van der Waals surface area contributed by atoms with Crippen LogP contribution in [0, 0.1) is 6.92 Å².